The lowest BCUT2D eigenvalue weighted by Gasteiger charge is -2.23. The highest BCUT2D eigenvalue weighted by Gasteiger charge is 2.29. The van der Waals surface area contributed by atoms with Gasteiger partial charge in [-0.3, -0.25) is 4.79 Å². The zero-order chi connectivity index (χ0) is 14.6. The van der Waals surface area contributed by atoms with E-state index in [0.717, 1.165) is 0 Å². The quantitative estimate of drug-likeness (QED) is 0.630. The van der Waals surface area contributed by atoms with Crippen LogP contribution < -0.4 is 5.73 Å². The molecular weight excluding hydrogens is 246 g/mol. The molecule has 0 spiro atoms. The van der Waals surface area contributed by atoms with Crippen molar-refractivity contribution in [2.24, 2.45) is 11.7 Å². The molecule has 0 fully saturated rings. The van der Waals surface area contributed by atoms with Crippen LogP contribution >= 0.6 is 0 Å². The molecule has 1 rings (SSSR count). The highest BCUT2D eigenvalue weighted by Crippen LogP contribution is 2.29. The predicted octanol–water partition coefficient (Wildman–Crippen LogP) is 1.86. The molecule has 0 aliphatic rings. The zero-order valence-electron chi connectivity index (χ0n) is 11.3. The third-order valence-electron chi connectivity index (χ3n) is 3.27. The van der Waals surface area contributed by atoms with Gasteiger partial charge in [0.1, 0.15) is 17.0 Å². The summed E-state index contributed by atoms with van der Waals surface area (Å²) in [5.74, 6) is -0.836. The highest BCUT2D eigenvalue weighted by atomic mass is 16.4. The molecule has 0 aliphatic carbocycles. The number of carboxylic acids is 1. The number of phenolic OH excluding ortho intramolecular Hbond substituents is 2. The Kier molecular flexibility index (Phi) is 4.78. The number of carboxylic acid groups (broad SMARTS) is 1. The van der Waals surface area contributed by atoms with E-state index in [0.29, 0.717) is 24.8 Å². The fourth-order valence-corrected chi connectivity index (χ4v) is 2.12. The standard InChI is InChI=1S/C14H21NO4/c1-9(8-14(2,15)13(18)19)6-7-10-11(16)4-3-5-12(10)17/h3-5,9,16-17H,6-8,15H2,1-2H3,(H,18,19). The van der Waals surface area contributed by atoms with Crippen LogP contribution in [0.2, 0.25) is 0 Å². The van der Waals surface area contributed by atoms with Gasteiger partial charge in [0, 0.05) is 5.56 Å². The van der Waals surface area contributed by atoms with Crippen molar-refractivity contribution in [2.75, 3.05) is 0 Å². The summed E-state index contributed by atoms with van der Waals surface area (Å²) in [6.45, 7) is 3.40. The number of aromatic hydroxyl groups is 2. The van der Waals surface area contributed by atoms with Crippen LogP contribution in [0.25, 0.3) is 0 Å². The highest BCUT2D eigenvalue weighted by molar-refractivity contribution is 5.77. The van der Waals surface area contributed by atoms with Crippen molar-refractivity contribution in [2.45, 2.75) is 38.6 Å². The van der Waals surface area contributed by atoms with Crippen molar-refractivity contribution in [1.29, 1.82) is 0 Å². The second-order valence-corrected chi connectivity index (χ2v) is 5.35. The Morgan fingerprint density at radius 3 is 2.37 bits per heavy atom. The monoisotopic (exact) mass is 267 g/mol. The normalized spacial score (nSPS) is 15.7. The number of benzene rings is 1. The topological polar surface area (TPSA) is 104 Å². The molecule has 5 heteroatoms. The average Bonchev–Trinajstić information content (AvgIpc) is 2.27. The third-order valence-corrected chi connectivity index (χ3v) is 3.27. The molecular formula is C14H21NO4. The van der Waals surface area contributed by atoms with Crippen LogP contribution in [-0.4, -0.2) is 26.8 Å². The zero-order valence-corrected chi connectivity index (χ0v) is 11.3. The molecule has 2 atom stereocenters. The first-order valence-electron chi connectivity index (χ1n) is 6.26. The maximum Gasteiger partial charge on any atom is 0.323 e. The second-order valence-electron chi connectivity index (χ2n) is 5.35. The molecule has 106 valence electrons. The van der Waals surface area contributed by atoms with Crippen LogP contribution in [0.15, 0.2) is 18.2 Å². The lowest BCUT2D eigenvalue weighted by Crippen LogP contribution is -2.46. The lowest BCUT2D eigenvalue weighted by atomic mass is 9.87. The molecule has 0 aliphatic heterocycles. The first-order valence-corrected chi connectivity index (χ1v) is 6.26. The number of phenols is 2. The minimum absolute atomic E-state index is 0.0564. The summed E-state index contributed by atoms with van der Waals surface area (Å²) in [6, 6.07) is 4.60. The van der Waals surface area contributed by atoms with E-state index in [4.69, 9.17) is 10.8 Å². The number of nitrogens with two attached hydrogens (primary N) is 1. The van der Waals surface area contributed by atoms with E-state index in [1.165, 1.54) is 19.1 Å². The fraction of sp³-hybridized carbons (Fsp3) is 0.500. The number of carbonyl (C=O) groups is 1. The predicted molar refractivity (Wildman–Crippen MR) is 72.1 cm³/mol. The Bertz CT molecular complexity index is 437. The van der Waals surface area contributed by atoms with Gasteiger partial charge >= 0.3 is 5.97 Å². The molecule has 0 saturated carbocycles. The Morgan fingerprint density at radius 1 is 1.37 bits per heavy atom. The van der Waals surface area contributed by atoms with E-state index in [-0.39, 0.29) is 17.4 Å². The third kappa shape index (κ3) is 4.13. The molecule has 0 radical (unpaired) electrons. The van der Waals surface area contributed by atoms with E-state index < -0.39 is 11.5 Å². The van der Waals surface area contributed by atoms with E-state index in [1.54, 1.807) is 6.07 Å². The molecule has 2 unspecified atom stereocenters. The van der Waals surface area contributed by atoms with E-state index >= 15 is 0 Å². The Hall–Kier alpha value is -1.75. The molecule has 5 nitrogen and oxygen atoms in total. The van der Waals surface area contributed by atoms with Crippen molar-refractivity contribution in [1.82, 2.24) is 0 Å². The maximum absolute atomic E-state index is 10.9. The molecule has 19 heavy (non-hydrogen) atoms. The first-order chi connectivity index (χ1) is 8.74. The minimum Gasteiger partial charge on any atom is -0.508 e. The van der Waals surface area contributed by atoms with Gasteiger partial charge in [-0.25, -0.2) is 0 Å². The fourth-order valence-electron chi connectivity index (χ4n) is 2.12. The Morgan fingerprint density at radius 2 is 1.89 bits per heavy atom. The van der Waals surface area contributed by atoms with E-state index in [9.17, 15) is 15.0 Å². The van der Waals surface area contributed by atoms with Gasteiger partial charge in [0.05, 0.1) is 0 Å². The number of rotatable bonds is 6. The average molecular weight is 267 g/mol. The van der Waals surface area contributed by atoms with Gasteiger partial charge in [-0.1, -0.05) is 13.0 Å². The largest absolute Gasteiger partial charge is 0.508 e. The van der Waals surface area contributed by atoms with Gasteiger partial charge in [0.25, 0.3) is 0 Å². The summed E-state index contributed by atoms with van der Waals surface area (Å²) in [5, 5.41) is 28.3. The number of hydrogen-bond donors (Lipinski definition) is 4. The molecule has 1 aromatic carbocycles. The molecule has 1 aromatic rings. The van der Waals surface area contributed by atoms with Crippen LogP contribution in [0, 0.1) is 5.92 Å². The summed E-state index contributed by atoms with van der Waals surface area (Å²) < 4.78 is 0. The first kappa shape index (κ1) is 15.3. The van der Waals surface area contributed by atoms with Crippen LogP contribution in [-0.2, 0) is 11.2 Å². The molecule has 0 bridgehead atoms. The maximum atomic E-state index is 10.9. The molecule has 5 N–H and O–H groups in total. The Balaban J connectivity index is 2.60. The van der Waals surface area contributed by atoms with E-state index in [1.807, 2.05) is 6.92 Å². The van der Waals surface area contributed by atoms with Gasteiger partial charge < -0.3 is 21.1 Å². The van der Waals surface area contributed by atoms with Crippen LogP contribution in [0.5, 0.6) is 11.5 Å². The van der Waals surface area contributed by atoms with Gasteiger partial charge in [0.15, 0.2) is 0 Å². The summed E-state index contributed by atoms with van der Waals surface area (Å²) in [7, 11) is 0. The summed E-state index contributed by atoms with van der Waals surface area (Å²) in [5.41, 5.74) is 4.93. The molecule has 0 saturated heterocycles. The summed E-state index contributed by atoms with van der Waals surface area (Å²) in [4.78, 5) is 10.9. The van der Waals surface area contributed by atoms with Crippen molar-refractivity contribution in [3.8, 4) is 11.5 Å². The van der Waals surface area contributed by atoms with Crippen molar-refractivity contribution in [3.05, 3.63) is 23.8 Å². The minimum atomic E-state index is -1.25. The smallest absolute Gasteiger partial charge is 0.323 e. The van der Waals surface area contributed by atoms with Crippen LogP contribution in [0.4, 0.5) is 0 Å². The van der Waals surface area contributed by atoms with Crippen LogP contribution in [0.3, 0.4) is 0 Å². The van der Waals surface area contributed by atoms with E-state index in [2.05, 4.69) is 0 Å². The van der Waals surface area contributed by atoms with Gasteiger partial charge in [0.2, 0.25) is 0 Å². The van der Waals surface area contributed by atoms with Crippen molar-refractivity contribution in [3.63, 3.8) is 0 Å². The molecule has 0 amide bonds. The van der Waals surface area contributed by atoms with Gasteiger partial charge in [-0.05, 0) is 44.2 Å². The number of aliphatic carboxylic acids is 1. The van der Waals surface area contributed by atoms with Gasteiger partial charge in [-0.15, -0.1) is 0 Å². The summed E-state index contributed by atoms with van der Waals surface area (Å²) in [6.07, 6.45) is 1.47. The second kappa shape index (κ2) is 5.93. The van der Waals surface area contributed by atoms with Crippen LogP contribution in [0.1, 0.15) is 32.3 Å². The molecule has 0 aromatic heterocycles. The van der Waals surface area contributed by atoms with Crippen molar-refractivity contribution >= 4 is 5.97 Å². The lowest BCUT2D eigenvalue weighted by molar-refractivity contribution is -0.143. The van der Waals surface area contributed by atoms with Gasteiger partial charge in [-0.2, -0.15) is 0 Å². The molecule has 0 heterocycles. The summed E-state index contributed by atoms with van der Waals surface area (Å²) >= 11 is 0. The SMILES string of the molecule is CC(CCc1c(O)cccc1O)CC(C)(N)C(=O)O. The van der Waals surface area contributed by atoms with Crippen molar-refractivity contribution < 1.29 is 20.1 Å². The Labute approximate surface area is 112 Å². The number of hydrogen-bond acceptors (Lipinski definition) is 4.